The Morgan fingerprint density at radius 3 is 2.55 bits per heavy atom. The van der Waals surface area contributed by atoms with E-state index in [-0.39, 0.29) is 16.3 Å². The molecule has 2 rings (SSSR count). The van der Waals surface area contributed by atoms with Crippen LogP contribution in [0.3, 0.4) is 0 Å². The van der Waals surface area contributed by atoms with Gasteiger partial charge in [-0.2, -0.15) is 0 Å². The first-order valence-corrected chi connectivity index (χ1v) is 7.80. The molecule has 7 nitrogen and oxygen atoms in total. The third kappa shape index (κ3) is 2.71. The van der Waals surface area contributed by atoms with Crippen molar-refractivity contribution in [3.63, 3.8) is 0 Å². The van der Waals surface area contributed by atoms with E-state index in [1.54, 1.807) is 7.11 Å². The minimum absolute atomic E-state index is 0.0617. The molecule has 0 spiro atoms. The van der Waals surface area contributed by atoms with Crippen LogP contribution in [0.5, 0.6) is 0 Å². The van der Waals surface area contributed by atoms with Crippen molar-refractivity contribution in [1.82, 2.24) is 9.88 Å². The number of amides is 1. The smallest absolute Gasteiger partial charge is 0.269 e. The fourth-order valence-electron chi connectivity index (χ4n) is 2.18. The van der Waals surface area contributed by atoms with Gasteiger partial charge in [0, 0.05) is 13.7 Å². The molecule has 1 aliphatic rings. The van der Waals surface area contributed by atoms with Crippen molar-refractivity contribution in [1.29, 1.82) is 0 Å². The predicted molar refractivity (Wildman–Crippen MR) is 69.5 cm³/mol. The Balaban J connectivity index is 2.15. The van der Waals surface area contributed by atoms with E-state index in [1.807, 2.05) is 0 Å². The van der Waals surface area contributed by atoms with Gasteiger partial charge in [0.25, 0.3) is 10.0 Å². The molecule has 1 saturated carbocycles. The number of hydrogen-bond acceptors (Lipinski definition) is 6. The summed E-state index contributed by atoms with van der Waals surface area (Å²) in [6, 6.07) is 0. The molecule has 112 valence electrons. The number of hydrogen-bond donors (Lipinski definition) is 1. The van der Waals surface area contributed by atoms with E-state index in [0.29, 0.717) is 25.9 Å². The fourth-order valence-corrected chi connectivity index (χ4v) is 3.58. The summed E-state index contributed by atoms with van der Waals surface area (Å²) >= 11 is 0. The molecule has 0 unspecified atom stereocenters. The van der Waals surface area contributed by atoms with E-state index < -0.39 is 21.3 Å². The Labute approximate surface area is 117 Å². The highest BCUT2D eigenvalue weighted by molar-refractivity contribution is 7.90. The highest BCUT2D eigenvalue weighted by Gasteiger charge is 2.50. The van der Waals surface area contributed by atoms with E-state index >= 15 is 0 Å². The van der Waals surface area contributed by atoms with E-state index in [0.717, 1.165) is 0 Å². The van der Waals surface area contributed by atoms with Gasteiger partial charge in [0.05, 0.1) is 5.41 Å². The second-order valence-corrected chi connectivity index (χ2v) is 6.73. The maximum absolute atomic E-state index is 12.2. The van der Waals surface area contributed by atoms with Crippen molar-refractivity contribution in [2.75, 3.05) is 13.7 Å². The lowest BCUT2D eigenvalue weighted by molar-refractivity contribution is -0.125. The van der Waals surface area contributed by atoms with Gasteiger partial charge in [0.2, 0.25) is 5.91 Å². The molecule has 0 saturated heterocycles. The van der Waals surface area contributed by atoms with Crippen molar-refractivity contribution in [2.45, 2.75) is 38.0 Å². The Kier molecular flexibility index (Phi) is 3.88. The zero-order chi connectivity index (χ0) is 15.0. The summed E-state index contributed by atoms with van der Waals surface area (Å²) in [7, 11) is -2.39. The van der Waals surface area contributed by atoms with Gasteiger partial charge in [-0.25, -0.2) is 13.1 Å². The van der Waals surface area contributed by atoms with Crippen LogP contribution in [-0.4, -0.2) is 33.2 Å². The van der Waals surface area contributed by atoms with Gasteiger partial charge in [0.1, 0.15) is 5.69 Å². The van der Waals surface area contributed by atoms with Crippen LogP contribution in [-0.2, 0) is 19.6 Å². The zero-order valence-electron chi connectivity index (χ0n) is 11.7. The standard InChI is InChI=1S/C12H18N2O5S/c1-8-10(9(2)19-13-8)20(16,17)14-11(15)12(4-5-12)6-7-18-3/h4-7H2,1-3H3,(H,14,15). The van der Waals surface area contributed by atoms with Gasteiger partial charge in [0.15, 0.2) is 10.7 Å². The Bertz CT molecular complexity index is 596. The highest BCUT2D eigenvalue weighted by atomic mass is 32.2. The molecule has 0 radical (unpaired) electrons. The molecule has 0 bridgehead atoms. The topological polar surface area (TPSA) is 98.5 Å². The van der Waals surface area contributed by atoms with Crippen molar-refractivity contribution in [3.05, 3.63) is 11.5 Å². The van der Waals surface area contributed by atoms with Crippen LogP contribution < -0.4 is 4.72 Å². The molecule has 8 heteroatoms. The van der Waals surface area contributed by atoms with Crippen LogP contribution in [0, 0.1) is 19.3 Å². The quantitative estimate of drug-likeness (QED) is 0.838. The van der Waals surface area contributed by atoms with Crippen molar-refractivity contribution in [2.24, 2.45) is 5.41 Å². The van der Waals surface area contributed by atoms with E-state index in [4.69, 9.17) is 9.26 Å². The van der Waals surface area contributed by atoms with Crippen LogP contribution >= 0.6 is 0 Å². The van der Waals surface area contributed by atoms with Crippen LogP contribution in [0.15, 0.2) is 9.42 Å². The Morgan fingerprint density at radius 2 is 2.10 bits per heavy atom. The van der Waals surface area contributed by atoms with Gasteiger partial charge < -0.3 is 9.26 Å². The number of nitrogens with one attached hydrogen (secondary N) is 1. The van der Waals surface area contributed by atoms with Crippen molar-refractivity contribution >= 4 is 15.9 Å². The number of aromatic nitrogens is 1. The first kappa shape index (κ1) is 15.0. The number of aryl methyl sites for hydroxylation is 2. The minimum Gasteiger partial charge on any atom is -0.385 e. The van der Waals surface area contributed by atoms with Gasteiger partial charge in [-0.3, -0.25) is 4.79 Å². The SMILES string of the molecule is COCCC1(C(=O)NS(=O)(=O)c2c(C)noc2C)CC1. The first-order chi connectivity index (χ1) is 9.32. The minimum atomic E-state index is -3.94. The number of carbonyl (C=O) groups excluding carboxylic acids is 1. The summed E-state index contributed by atoms with van der Waals surface area (Å²) < 4.78 is 36.4. The molecule has 0 aliphatic heterocycles. The van der Waals surface area contributed by atoms with Gasteiger partial charge in [-0.05, 0) is 33.1 Å². The molecular weight excluding hydrogens is 284 g/mol. The van der Waals surface area contributed by atoms with Gasteiger partial charge in [-0.15, -0.1) is 0 Å². The predicted octanol–water partition coefficient (Wildman–Crippen LogP) is 0.913. The molecule has 1 aliphatic carbocycles. The second kappa shape index (κ2) is 5.17. The summed E-state index contributed by atoms with van der Waals surface area (Å²) in [6.07, 6.45) is 1.88. The Hall–Kier alpha value is -1.41. The lowest BCUT2D eigenvalue weighted by atomic mass is 10.0. The molecule has 20 heavy (non-hydrogen) atoms. The van der Waals surface area contributed by atoms with Crippen molar-refractivity contribution in [3.8, 4) is 0 Å². The largest absolute Gasteiger partial charge is 0.385 e. The summed E-state index contributed by atoms with van der Waals surface area (Å²) in [5, 5.41) is 3.59. The number of nitrogens with zero attached hydrogens (tertiary/aromatic N) is 1. The molecule has 1 amide bonds. The number of rotatable bonds is 6. The maximum atomic E-state index is 12.2. The van der Waals surface area contributed by atoms with E-state index in [9.17, 15) is 13.2 Å². The van der Waals surface area contributed by atoms with Crippen LogP contribution in [0.1, 0.15) is 30.7 Å². The normalized spacial score (nSPS) is 16.9. The third-order valence-electron chi connectivity index (χ3n) is 3.58. The maximum Gasteiger partial charge on any atom is 0.269 e. The molecular formula is C12H18N2O5S. The van der Waals surface area contributed by atoms with Crippen LogP contribution in [0.2, 0.25) is 0 Å². The van der Waals surface area contributed by atoms with Gasteiger partial charge in [-0.1, -0.05) is 5.16 Å². The van der Waals surface area contributed by atoms with Crippen LogP contribution in [0.4, 0.5) is 0 Å². The van der Waals surface area contributed by atoms with E-state index in [2.05, 4.69) is 9.88 Å². The van der Waals surface area contributed by atoms with Crippen LogP contribution in [0.25, 0.3) is 0 Å². The number of methoxy groups -OCH3 is 1. The number of carbonyl (C=O) groups is 1. The average molecular weight is 302 g/mol. The number of sulfonamides is 1. The summed E-state index contributed by atoms with van der Waals surface area (Å²) in [5.74, 6) is -0.306. The molecule has 1 aromatic rings. The molecule has 1 heterocycles. The lowest BCUT2D eigenvalue weighted by Crippen LogP contribution is -2.37. The third-order valence-corrected chi connectivity index (χ3v) is 5.16. The van der Waals surface area contributed by atoms with Gasteiger partial charge >= 0.3 is 0 Å². The first-order valence-electron chi connectivity index (χ1n) is 6.31. The zero-order valence-corrected chi connectivity index (χ0v) is 12.5. The Morgan fingerprint density at radius 1 is 1.45 bits per heavy atom. The fraction of sp³-hybridized carbons (Fsp3) is 0.667. The summed E-state index contributed by atoms with van der Waals surface area (Å²) in [5.41, 5.74) is -0.369. The summed E-state index contributed by atoms with van der Waals surface area (Å²) in [6.45, 7) is 3.45. The lowest BCUT2D eigenvalue weighted by Gasteiger charge is -2.14. The molecule has 1 aromatic heterocycles. The van der Waals surface area contributed by atoms with Crippen molar-refractivity contribution < 1.29 is 22.5 Å². The molecule has 0 atom stereocenters. The highest BCUT2D eigenvalue weighted by Crippen LogP contribution is 2.49. The molecule has 1 fully saturated rings. The average Bonchev–Trinajstić information content (AvgIpc) is 3.07. The van der Waals surface area contributed by atoms with E-state index in [1.165, 1.54) is 13.8 Å². The summed E-state index contributed by atoms with van der Waals surface area (Å²) in [4.78, 5) is 12.1. The molecule has 1 N–H and O–H groups in total. The second-order valence-electron chi connectivity index (χ2n) is 5.11. The monoisotopic (exact) mass is 302 g/mol. The number of ether oxygens (including phenoxy) is 1. The molecule has 0 aromatic carbocycles.